The molecule has 0 saturated carbocycles. The number of hydrogen-bond donors (Lipinski definition) is 3. The van der Waals surface area contributed by atoms with Crippen molar-refractivity contribution in [1.29, 1.82) is 0 Å². The van der Waals surface area contributed by atoms with Crippen LogP contribution in [-0.2, 0) is 17.6 Å². The molecule has 0 unspecified atom stereocenters. The van der Waals surface area contributed by atoms with Gasteiger partial charge in [-0.05, 0) is 42.4 Å². The van der Waals surface area contributed by atoms with Crippen molar-refractivity contribution < 1.29 is 9.53 Å². The monoisotopic (exact) mass is 528 g/mol. The molecule has 0 saturated heterocycles. The van der Waals surface area contributed by atoms with Crippen molar-refractivity contribution in [2.45, 2.75) is 52.1 Å². The van der Waals surface area contributed by atoms with Crippen molar-refractivity contribution in [3.63, 3.8) is 0 Å². The second-order valence-corrected chi connectivity index (χ2v) is 15.8. The van der Waals surface area contributed by atoms with Crippen molar-refractivity contribution >= 4 is 52.9 Å². The highest BCUT2D eigenvalue weighted by Gasteiger charge is 2.37. The second-order valence-electron chi connectivity index (χ2n) is 9.16. The van der Waals surface area contributed by atoms with Crippen molar-refractivity contribution in [2.24, 2.45) is 0 Å². The smallest absolute Gasteiger partial charge is 0.192 e. The van der Waals surface area contributed by atoms with Gasteiger partial charge >= 0.3 is 0 Å². The van der Waals surface area contributed by atoms with E-state index in [9.17, 15) is 0 Å². The van der Waals surface area contributed by atoms with Crippen LogP contribution in [0.1, 0.15) is 32.2 Å². The van der Waals surface area contributed by atoms with Crippen LogP contribution in [0.2, 0.25) is 18.1 Å². The molecule has 0 aliphatic rings. The molecule has 0 aliphatic heterocycles. The van der Waals surface area contributed by atoms with Gasteiger partial charge in [-0.15, -0.1) is 22.7 Å². The number of anilines is 4. The van der Waals surface area contributed by atoms with Gasteiger partial charge in [0.1, 0.15) is 11.6 Å². The molecule has 0 amide bonds. The number of aliphatic hydroxyl groups is 1. The maximum absolute atomic E-state index is 8.88. The van der Waals surface area contributed by atoms with Crippen LogP contribution in [0.25, 0.3) is 0 Å². The highest BCUT2D eigenvalue weighted by Crippen LogP contribution is 2.37. The Balaban J connectivity index is 0.000000211. The number of aliphatic hydroxyl groups excluding tert-OH is 1. The van der Waals surface area contributed by atoms with Gasteiger partial charge in [0.25, 0.3) is 0 Å². The minimum absolute atomic E-state index is 0.0482. The highest BCUT2D eigenvalue weighted by atomic mass is 32.1. The average Bonchev–Trinajstić information content (AvgIpc) is 3.52. The van der Waals surface area contributed by atoms with E-state index in [1.54, 1.807) is 29.8 Å². The Labute approximate surface area is 215 Å². The molecular weight excluding hydrogens is 497 g/mol. The molecule has 0 fully saturated rings. The zero-order valence-electron chi connectivity index (χ0n) is 20.6. The molecule has 0 radical (unpaired) electrons. The molecule has 4 aromatic heterocycles. The molecular formula is C24H32N6O2S2Si. The van der Waals surface area contributed by atoms with Crippen molar-refractivity contribution in [1.82, 2.24) is 19.9 Å². The van der Waals surface area contributed by atoms with Gasteiger partial charge in [0.05, 0.1) is 24.6 Å². The molecule has 4 rings (SSSR count). The van der Waals surface area contributed by atoms with Crippen molar-refractivity contribution in [3.05, 3.63) is 70.9 Å². The van der Waals surface area contributed by atoms with Crippen LogP contribution >= 0.6 is 22.7 Å². The van der Waals surface area contributed by atoms with Gasteiger partial charge in [-0.1, -0.05) is 32.9 Å². The topological polar surface area (TPSA) is 105 Å². The number of rotatable bonds is 8. The van der Waals surface area contributed by atoms with Crippen LogP contribution in [0.3, 0.4) is 0 Å². The predicted molar refractivity (Wildman–Crippen MR) is 147 cm³/mol. The van der Waals surface area contributed by atoms with E-state index in [1.807, 2.05) is 41.1 Å². The van der Waals surface area contributed by atoms with Crippen LogP contribution in [0.15, 0.2) is 59.6 Å². The lowest BCUT2D eigenvalue weighted by molar-refractivity contribution is 0.272. The number of nitrogens with zero attached hydrogens (tertiary/aromatic N) is 4. The number of nitrogens with one attached hydrogen (secondary N) is 2. The Bertz CT molecular complexity index is 1160. The van der Waals surface area contributed by atoms with Crippen LogP contribution in [0.5, 0.6) is 0 Å². The Morgan fingerprint density at radius 2 is 1.37 bits per heavy atom. The molecule has 0 bridgehead atoms. The SMILES string of the molecule is CC(C)(C)[Si](C)(C)OCc1cccc(Nc2nccs2)n1.OCc1cccc(Nc2nccs2)n1. The van der Waals surface area contributed by atoms with Crippen molar-refractivity contribution in [2.75, 3.05) is 10.6 Å². The van der Waals surface area contributed by atoms with Crippen molar-refractivity contribution in [3.8, 4) is 0 Å². The zero-order chi connectivity index (χ0) is 25.3. The fourth-order valence-electron chi connectivity index (χ4n) is 2.53. The van der Waals surface area contributed by atoms with Crippen LogP contribution in [0, 0.1) is 0 Å². The summed E-state index contributed by atoms with van der Waals surface area (Å²) >= 11 is 3.06. The van der Waals surface area contributed by atoms with Gasteiger partial charge in [0, 0.05) is 23.2 Å². The largest absolute Gasteiger partial charge is 0.411 e. The normalized spacial score (nSPS) is 11.5. The number of aromatic nitrogens is 4. The maximum atomic E-state index is 8.88. The summed E-state index contributed by atoms with van der Waals surface area (Å²) in [5.74, 6) is 1.51. The third kappa shape index (κ3) is 8.48. The number of hydrogen-bond acceptors (Lipinski definition) is 10. The Kier molecular flexibility index (Phi) is 9.46. The second kappa shape index (κ2) is 12.3. The fraction of sp³-hybridized carbons (Fsp3) is 0.333. The van der Waals surface area contributed by atoms with E-state index in [4.69, 9.17) is 9.53 Å². The first-order valence-electron chi connectivity index (χ1n) is 11.2. The first-order valence-corrected chi connectivity index (χ1v) is 15.8. The van der Waals surface area contributed by atoms with Gasteiger partial charge in [-0.2, -0.15) is 0 Å². The Morgan fingerprint density at radius 1 is 0.857 bits per heavy atom. The summed E-state index contributed by atoms with van der Waals surface area (Å²) in [4.78, 5) is 17.0. The first-order chi connectivity index (χ1) is 16.7. The highest BCUT2D eigenvalue weighted by molar-refractivity contribution is 7.13. The van der Waals surface area contributed by atoms with Gasteiger partial charge in [-0.3, -0.25) is 0 Å². The third-order valence-electron chi connectivity index (χ3n) is 5.50. The van der Waals surface area contributed by atoms with Gasteiger partial charge in [-0.25, -0.2) is 19.9 Å². The molecule has 8 nitrogen and oxygen atoms in total. The van der Waals surface area contributed by atoms with Gasteiger partial charge in [0.2, 0.25) is 0 Å². The van der Waals surface area contributed by atoms with Crippen LogP contribution in [0.4, 0.5) is 21.9 Å². The van der Waals surface area contributed by atoms with Crippen LogP contribution < -0.4 is 10.6 Å². The number of thiazole rings is 2. The summed E-state index contributed by atoms with van der Waals surface area (Å²) < 4.78 is 6.21. The third-order valence-corrected chi connectivity index (χ3v) is 11.4. The molecule has 3 N–H and O–H groups in total. The molecule has 0 spiro atoms. The summed E-state index contributed by atoms with van der Waals surface area (Å²) in [6, 6.07) is 11.4. The summed E-state index contributed by atoms with van der Waals surface area (Å²) in [6.45, 7) is 11.7. The van der Waals surface area contributed by atoms with E-state index in [1.165, 1.54) is 11.3 Å². The maximum Gasteiger partial charge on any atom is 0.192 e. The molecule has 35 heavy (non-hydrogen) atoms. The Hall–Kier alpha value is -2.70. The molecule has 0 aromatic carbocycles. The zero-order valence-corrected chi connectivity index (χ0v) is 23.3. The lowest BCUT2D eigenvalue weighted by Crippen LogP contribution is -2.40. The van der Waals surface area contributed by atoms with Gasteiger partial charge in [0.15, 0.2) is 18.6 Å². The summed E-state index contributed by atoms with van der Waals surface area (Å²) in [5, 5.41) is 20.8. The lowest BCUT2D eigenvalue weighted by atomic mass is 10.2. The van der Waals surface area contributed by atoms with E-state index in [2.05, 4.69) is 64.4 Å². The molecule has 0 atom stereocenters. The first kappa shape index (κ1) is 26.9. The van der Waals surface area contributed by atoms with Crippen LogP contribution in [-0.4, -0.2) is 33.4 Å². The van der Waals surface area contributed by atoms with E-state index < -0.39 is 8.32 Å². The van der Waals surface area contributed by atoms with E-state index in [-0.39, 0.29) is 11.6 Å². The molecule has 0 aliphatic carbocycles. The lowest BCUT2D eigenvalue weighted by Gasteiger charge is -2.36. The van der Waals surface area contributed by atoms with E-state index in [0.29, 0.717) is 18.1 Å². The average molecular weight is 529 g/mol. The molecule has 4 aromatic rings. The van der Waals surface area contributed by atoms with E-state index >= 15 is 0 Å². The molecule has 11 heteroatoms. The summed E-state index contributed by atoms with van der Waals surface area (Å²) in [7, 11) is -1.74. The molecule has 186 valence electrons. The predicted octanol–water partition coefficient (Wildman–Crippen LogP) is 6.58. The summed E-state index contributed by atoms with van der Waals surface area (Å²) in [5.41, 5.74) is 1.59. The standard InChI is InChI=1S/C15H23N3OSSi.C9H9N3OS/c1-15(2,3)21(4,5)19-11-12-7-6-8-13(17-12)18-14-16-9-10-20-14;13-6-7-2-1-3-8(11-7)12-9-10-4-5-14-9/h6-10H,11H2,1-5H3,(H,16,17,18);1-5,13H,6H2,(H,10,11,12). The number of pyridine rings is 2. The summed E-state index contributed by atoms with van der Waals surface area (Å²) in [6.07, 6.45) is 3.50. The Morgan fingerprint density at radius 3 is 1.83 bits per heavy atom. The van der Waals surface area contributed by atoms with Gasteiger partial charge < -0.3 is 20.2 Å². The quantitative estimate of drug-likeness (QED) is 0.220. The molecule has 4 heterocycles. The van der Waals surface area contributed by atoms with E-state index in [0.717, 1.165) is 21.8 Å². The fourth-order valence-corrected chi connectivity index (χ4v) is 4.54. The minimum Gasteiger partial charge on any atom is -0.411 e. The minimum atomic E-state index is -1.74.